The van der Waals surface area contributed by atoms with E-state index in [1.165, 1.54) is 30.6 Å². The van der Waals surface area contributed by atoms with E-state index in [1.807, 2.05) is 12.1 Å². The van der Waals surface area contributed by atoms with Crippen molar-refractivity contribution in [1.82, 2.24) is 15.0 Å². The number of fused-ring (bicyclic) bond motifs is 1. The summed E-state index contributed by atoms with van der Waals surface area (Å²) in [7, 11) is -4.04. The van der Waals surface area contributed by atoms with E-state index in [-0.39, 0.29) is 17.3 Å². The van der Waals surface area contributed by atoms with Crippen LogP contribution >= 0.6 is 11.3 Å². The zero-order chi connectivity index (χ0) is 28.7. The second-order valence-corrected chi connectivity index (χ2v) is 14.4. The number of nitrogens with two attached hydrogens (primary N) is 1. The lowest BCUT2D eigenvalue weighted by molar-refractivity contribution is -0.120. The number of nitrogens with zero attached hydrogens (tertiary/aromatic N) is 1. The van der Waals surface area contributed by atoms with Crippen molar-refractivity contribution < 1.29 is 23.1 Å². The number of rotatable bonds is 10. The second-order valence-electron chi connectivity index (χ2n) is 11.7. The maximum Gasteiger partial charge on any atom is 0.280 e. The zero-order valence-electron chi connectivity index (χ0n) is 22.8. The molecule has 2 aliphatic rings. The molecule has 0 bridgehead atoms. The Balaban J connectivity index is 1.57. The second kappa shape index (κ2) is 10.8. The normalized spacial score (nSPS) is 17.6. The number of sulfonamides is 1. The van der Waals surface area contributed by atoms with Crippen LogP contribution in [0.2, 0.25) is 0 Å². The molecule has 0 aliphatic heterocycles. The van der Waals surface area contributed by atoms with Crippen molar-refractivity contribution in [2.75, 3.05) is 6.54 Å². The van der Waals surface area contributed by atoms with Gasteiger partial charge in [-0.05, 0) is 50.5 Å². The Bertz CT molecular complexity index is 1550. The fraction of sp³-hybridized carbons (Fsp3) is 0.483. The zero-order valence-corrected chi connectivity index (χ0v) is 24.5. The molecular formula is C29H36N4O5S2. The highest BCUT2D eigenvalue weighted by Crippen LogP contribution is 2.41. The molecule has 5 N–H and O–H groups in total. The molecule has 40 heavy (non-hydrogen) atoms. The molecule has 2 fully saturated rings. The minimum Gasteiger partial charge on any atom is -0.389 e. The number of aliphatic hydroxyl groups is 1. The van der Waals surface area contributed by atoms with Crippen molar-refractivity contribution in [3.8, 4) is 10.4 Å². The third kappa shape index (κ3) is 6.07. The highest BCUT2D eigenvalue weighted by atomic mass is 32.2. The predicted molar refractivity (Wildman–Crippen MR) is 155 cm³/mol. The summed E-state index contributed by atoms with van der Waals surface area (Å²) < 4.78 is 29.4. The van der Waals surface area contributed by atoms with Crippen LogP contribution < -0.4 is 15.8 Å². The first-order valence-electron chi connectivity index (χ1n) is 13.7. The average Bonchev–Trinajstić information content (AvgIpc) is 3.57. The number of carbonyl (C=O) groups is 2. The topological polar surface area (TPSA) is 151 Å². The predicted octanol–water partition coefficient (Wildman–Crippen LogP) is 3.88. The van der Waals surface area contributed by atoms with E-state index >= 15 is 0 Å². The number of hydrogen-bond donors (Lipinski definition) is 4. The maximum atomic E-state index is 13.4. The van der Waals surface area contributed by atoms with Gasteiger partial charge in [-0.3, -0.25) is 9.59 Å². The molecule has 1 aromatic heterocycles. The molecule has 0 spiro atoms. The van der Waals surface area contributed by atoms with E-state index in [4.69, 9.17) is 10.7 Å². The Morgan fingerprint density at radius 2 is 1.77 bits per heavy atom. The molecule has 2 aliphatic carbocycles. The molecule has 11 heteroatoms. The number of thiazole rings is 1. The van der Waals surface area contributed by atoms with Crippen LogP contribution in [0.3, 0.4) is 0 Å². The van der Waals surface area contributed by atoms with Gasteiger partial charge in [0.15, 0.2) is 5.01 Å². The van der Waals surface area contributed by atoms with Crippen molar-refractivity contribution in [2.24, 2.45) is 11.7 Å². The fourth-order valence-corrected chi connectivity index (χ4v) is 8.07. The Morgan fingerprint density at radius 3 is 2.40 bits per heavy atom. The highest BCUT2D eigenvalue weighted by molar-refractivity contribution is 7.89. The van der Waals surface area contributed by atoms with E-state index < -0.39 is 27.1 Å². The maximum absolute atomic E-state index is 13.4. The van der Waals surface area contributed by atoms with Gasteiger partial charge >= 0.3 is 0 Å². The first-order valence-corrected chi connectivity index (χ1v) is 16.0. The molecule has 2 aromatic carbocycles. The summed E-state index contributed by atoms with van der Waals surface area (Å²) in [6.45, 7) is 3.34. The van der Waals surface area contributed by atoms with Gasteiger partial charge in [-0.1, -0.05) is 62.4 Å². The summed E-state index contributed by atoms with van der Waals surface area (Å²) in [6, 6.07) is 10.5. The Morgan fingerprint density at radius 1 is 1.10 bits per heavy atom. The average molecular weight is 585 g/mol. The number of aromatic nitrogens is 1. The summed E-state index contributed by atoms with van der Waals surface area (Å²) in [5.41, 5.74) is 4.82. The molecule has 2 saturated carbocycles. The minimum absolute atomic E-state index is 0.0702. The summed E-state index contributed by atoms with van der Waals surface area (Å²) in [4.78, 5) is 30.6. The summed E-state index contributed by atoms with van der Waals surface area (Å²) in [6.07, 6.45) is 7.31. The number of nitrogens with one attached hydrogen (secondary N) is 2. The van der Waals surface area contributed by atoms with Crippen molar-refractivity contribution in [1.29, 1.82) is 0 Å². The van der Waals surface area contributed by atoms with Crippen LogP contribution in [-0.4, -0.2) is 48.0 Å². The van der Waals surface area contributed by atoms with E-state index in [0.29, 0.717) is 34.5 Å². The van der Waals surface area contributed by atoms with Gasteiger partial charge < -0.3 is 16.2 Å². The molecule has 9 nitrogen and oxygen atoms in total. The van der Waals surface area contributed by atoms with Crippen molar-refractivity contribution in [3.63, 3.8) is 0 Å². The smallest absolute Gasteiger partial charge is 0.280 e. The van der Waals surface area contributed by atoms with Gasteiger partial charge in [0.05, 0.1) is 21.1 Å². The standard InChI is InChI=1S/C29H36N4O5S2/c1-28(2,36)17-31-25(34)26-32-22(16-18-8-4-3-5-9-18)24(39-26)21-12-13-23(20-11-7-6-10-19(20)21)40(37,38)33-29(14-15-29)27(30)35/h6-7,10-13,18,33,36H,3-5,8-9,14-17H2,1-2H3,(H2,30,35)(H,31,34). The molecule has 3 aromatic rings. The van der Waals surface area contributed by atoms with E-state index in [2.05, 4.69) is 10.0 Å². The molecule has 0 saturated heterocycles. The first-order chi connectivity index (χ1) is 18.9. The third-order valence-corrected chi connectivity index (χ3v) is 10.5. The van der Waals surface area contributed by atoms with Crippen LogP contribution in [0, 0.1) is 5.92 Å². The van der Waals surface area contributed by atoms with Gasteiger partial charge in [0.2, 0.25) is 15.9 Å². The van der Waals surface area contributed by atoms with Gasteiger partial charge in [-0.2, -0.15) is 4.72 Å². The fourth-order valence-electron chi connectivity index (χ4n) is 5.37. The molecule has 0 atom stereocenters. The monoisotopic (exact) mass is 584 g/mol. The van der Waals surface area contributed by atoms with E-state index in [9.17, 15) is 23.1 Å². The van der Waals surface area contributed by atoms with Crippen LogP contribution in [0.5, 0.6) is 0 Å². The van der Waals surface area contributed by atoms with Crippen LogP contribution in [0.15, 0.2) is 41.3 Å². The number of amides is 2. The van der Waals surface area contributed by atoms with Crippen molar-refractivity contribution >= 4 is 43.9 Å². The third-order valence-electron chi connectivity index (χ3n) is 7.75. The molecule has 5 rings (SSSR count). The molecular weight excluding hydrogens is 548 g/mol. The van der Waals surface area contributed by atoms with Crippen LogP contribution in [-0.2, 0) is 21.2 Å². The van der Waals surface area contributed by atoms with E-state index in [0.717, 1.165) is 35.4 Å². The highest BCUT2D eigenvalue weighted by Gasteiger charge is 2.51. The minimum atomic E-state index is -4.04. The van der Waals surface area contributed by atoms with Crippen molar-refractivity contribution in [3.05, 3.63) is 47.1 Å². The molecule has 0 radical (unpaired) electrons. The van der Waals surface area contributed by atoms with Gasteiger partial charge in [0, 0.05) is 17.5 Å². The number of hydrogen-bond acceptors (Lipinski definition) is 7. The van der Waals surface area contributed by atoms with Gasteiger partial charge in [0.1, 0.15) is 5.54 Å². The van der Waals surface area contributed by atoms with Crippen molar-refractivity contribution in [2.45, 2.75) is 81.2 Å². The Kier molecular flexibility index (Phi) is 7.77. The van der Waals surface area contributed by atoms with Crippen LogP contribution in [0.4, 0.5) is 0 Å². The van der Waals surface area contributed by atoms with Gasteiger partial charge in [0.25, 0.3) is 5.91 Å². The summed E-state index contributed by atoms with van der Waals surface area (Å²) in [5.74, 6) is -0.554. The summed E-state index contributed by atoms with van der Waals surface area (Å²) >= 11 is 1.28. The quantitative estimate of drug-likeness (QED) is 0.284. The number of benzene rings is 2. The lowest BCUT2D eigenvalue weighted by atomic mass is 9.85. The summed E-state index contributed by atoms with van der Waals surface area (Å²) in [5, 5.41) is 14.4. The lowest BCUT2D eigenvalue weighted by Gasteiger charge is -2.21. The largest absolute Gasteiger partial charge is 0.389 e. The van der Waals surface area contributed by atoms with Crippen LogP contribution in [0.1, 0.15) is 74.3 Å². The molecule has 2 amide bonds. The van der Waals surface area contributed by atoms with Gasteiger partial charge in [-0.25, -0.2) is 13.4 Å². The number of carbonyl (C=O) groups excluding carboxylic acids is 2. The van der Waals surface area contributed by atoms with Crippen LogP contribution in [0.25, 0.3) is 21.2 Å². The molecule has 214 valence electrons. The van der Waals surface area contributed by atoms with E-state index in [1.54, 1.807) is 38.1 Å². The molecule has 0 unspecified atom stereocenters. The SMILES string of the molecule is CC(C)(O)CNC(=O)c1nc(CC2CCCCC2)c(-c2ccc(S(=O)(=O)NC3(C(N)=O)CC3)c3ccccc23)s1. The molecule has 1 heterocycles. The lowest BCUT2D eigenvalue weighted by Crippen LogP contribution is -2.46. The van der Waals surface area contributed by atoms with Gasteiger partial charge in [-0.15, -0.1) is 11.3 Å². The Labute approximate surface area is 238 Å². The Hall–Kier alpha value is -2.86. The first kappa shape index (κ1) is 28.7. The number of primary amides is 1.